The second-order valence-electron chi connectivity index (χ2n) is 8.10. The average molecular weight is 314 g/mol. The molecule has 0 bridgehead atoms. The van der Waals surface area contributed by atoms with Gasteiger partial charge in [0.1, 0.15) is 0 Å². The number of allylic oxidation sites excluding steroid dienone is 1. The molecule has 3 heteroatoms. The van der Waals surface area contributed by atoms with Crippen LogP contribution >= 0.6 is 0 Å². The minimum absolute atomic E-state index is 0.000885. The number of aliphatic hydroxyl groups is 1. The van der Waals surface area contributed by atoms with Crippen molar-refractivity contribution in [2.24, 2.45) is 16.7 Å². The number of fused-ring (bicyclic) bond motifs is 5. The maximum absolute atomic E-state index is 10.6. The Bertz CT molecular complexity index is 667. The van der Waals surface area contributed by atoms with E-state index in [1.165, 1.54) is 5.56 Å². The molecule has 3 nitrogen and oxygen atoms in total. The Hall–Kier alpha value is -1.48. The van der Waals surface area contributed by atoms with Crippen LogP contribution in [0, 0.1) is 16.7 Å². The van der Waals surface area contributed by atoms with Crippen LogP contribution in [-0.2, 0) is 6.42 Å². The highest BCUT2D eigenvalue weighted by Crippen LogP contribution is 2.67. The number of hydrogen-bond acceptors (Lipinski definition) is 3. The fourth-order valence-electron chi connectivity index (χ4n) is 6.11. The fraction of sp³-hybridized carbons (Fsp3) is 0.600. The van der Waals surface area contributed by atoms with E-state index in [-0.39, 0.29) is 28.4 Å². The van der Waals surface area contributed by atoms with Crippen LogP contribution in [0.4, 0.5) is 0 Å². The highest BCUT2D eigenvalue weighted by Gasteiger charge is 2.60. The summed E-state index contributed by atoms with van der Waals surface area (Å²) >= 11 is 0. The molecule has 2 saturated carbocycles. The third-order valence-corrected chi connectivity index (χ3v) is 7.37. The summed E-state index contributed by atoms with van der Waals surface area (Å²) in [6, 6.07) is 3.50. The molecule has 124 valence electrons. The van der Waals surface area contributed by atoms with E-state index in [1.54, 1.807) is 12.1 Å². The van der Waals surface area contributed by atoms with Gasteiger partial charge in [-0.25, -0.2) is 0 Å². The summed E-state index contributed by atoms with van der Waals surface area (Å²) in [7, 11) is 0. The maximum atomic E-state index is 10.6. The van der Waals surface area contributed by atoms with Crippen LogP contribution in [0.2, 0.25) is 0 Å². The number of aliphatic hydroxyl groups excluding tert-OH is 1. The molecule has 1 aromatic rings. The topological polar surface area (TPSA) is 60.7 Å². The van der Waals surface area contributed by atoms with E-state index in [1.807, 2.05) is 0 Å². The zero-order valence-electron chi connectivity index (χ0n) is 13.8. The van der Waals surface area contributed by atoms with Crippen LogP contribution in [0.15, 0.2) is 24.8 Å². The number of aryl methyl sites for hydroxylation is 1. The maximum Gasteiger partial charge on any atom is 0.157 e. The Morgan fingerprint density at radius 1 is 1.13 bits per heavy atom. The molecule has 3 aliphatic rings. The smallest absolute Gasteiger partial charge is 0.157 e. The molecule has 0 saturated heterocycles. The SMILES string of the molecule is C=C[C@@]12CCc3cc(O)c(O)cc3[C@H]1CC[C@@]1(C)[C@H]2CC[C@@H]1O. The van der Waals surface area contributed by atoms with Gasteiger partial charge >= 0.3 is 0 Å². The highest BCUT2D eigenvalue weighted by molar-refractivity contribution is 5.50. The Labute approximate surface area is 137 Å². The molecule has 0 heterocycles. The summed E-state index contributed by atoms with van der Waals surface area (Å²) in [4.78, 5) is 0. The van der Waals surface area contributed by atoms with Gasteiger partial charge in [0.25, 0.3) is 0 Å². The second kappa shape index (κ2) is 4.76. The lowest BCUT2D eigenvalue weighted by Gasteiger charge is -2.57. The lowest BCUT2D eigenvalue weighted by atomic mass is 9.47. The molecular formula is C20H26O3. The van der Waals surface area contributed by atoms with Crippen molar-refractivity contribution in [3.05, 3.63) is 35.9 Å². The van der Waals surface area contributed by atoms with E-state index in [4.69, 9.17) is 0 Å². The number of benzene rings is 1. The van der Waals surface area contributed by atoms with Gasteiger partial charge in [-0.05, 0) is 84.5 Å². The van der Waals surface area contributed by atoms with Gasteiger partial charge in [-0.1, -0.05) is 13.0 Å². The zero-order valence-corrected chi connectivity index (χ0v) is 13.8. The summed E-state index contributed by atoms with van der Waals surface area (Å²) in [6.07, 6.45) is 7.81. The summed E-state index contributed by atoms with van der Waals surface area (Å²) in [5.41, 5.74) is 2.32. The van der Waals surface area contributed by atoms with E-state index in [2.05, 4.69) is 19.6 Å². The molecule has 0 aliphatic heterocycles. The highest BCUT2D eigenvalue weighted by atomic mass is 16.3. The van der Waals surface area contributed by atoms with Crippen LogP contribution in [-0.4, -0.2) is 21.4 Å². The second-order valence-corrected chi connectivity index (χ2v) is 8.10. The van der Waals surface area contributed by atoms with Gasteiger partial charge in [-0.15, -0.1) is 6.58 Å². The third kappa shape index (κ3) is 1.80. The van der Waals surface area contributed by atoms with Crippen LogP contribution in [0.3, 0.4) is 0 Å². The van der Waals surface area contributed by atoms with Crippen LogP contribution in [0.5, 0.6) is 11.5 Å². The fourth-order valence-corrected chi connectivity index (χ4v) is 6.11. The standard InChI is InChI=1S/C20H26O3/c1-3-20-9-6-12-10-15(21)16(22)11-13(12)14(20)7-8-19(2)17(20)4-5-18(19)23/h3,10-11,14,17-18,21-23H,1,4-9H2,2H3/t14-,17-,18+,19+,20-/m1/s1. The number of rotatable bonds is 1. The quantitative estimate of drug-likeness (QED) is 0.545. The molecule has 3 aliphatic carbocycles. The van der Waals surface area contributed by atoms with Crippen LogP contribution < -0.4 is 0 Å². The minimum atomic E-state index is -0.208. The summed E-state index contributed by atoms with van der Waals surface area (Å²) < 4.78 is 0. The van der Waals surface area contributed by atoms with Crippen molar-refractivity contribution in [3.8, 4) is 11.5 Å². The Balaban J connectivity index is 1.84. The van der Waals surface area contributed by atoms with Gasteiger partial charge in [0.05, 0.1) is 6.10 Å². The number of phenols is 2. The first-order valence-electron chi connectivity index (χ1n) is 8.79. The van der Waals surface area contributed by atoms with Gasteiger partial charge < -0.3 is 15.3 Å². The molecule has 0 unspecified atom stereocenters. The summed E-state index contributed by atoms with van der Waals surface area (Å²) in [5.74, 6) is 0.735. The molecule has 23 heavy (non-hydrogen) atoms. The molecule has 0 spiro atoms. The molecule has 5 atom stereocenters. The van der Waals surface area contributed by atoms with E-state index < -0.39 is 0 Å². The molecule has 3 N–H and O–H groups in total. The Morgan fingerprint density at radius 3 is 2.61 bits per heavy atom. The van der Waals surface area contributed by atoms with E-state index >= 15 is 0 Å². The lowest BCUT2D eigenvalue weighted by Crippen LogP contribution is -2.50. The van der Waals surface area contributed by atoms with Gasteiger partial charge in [-0.3, -0.25) is 0 Å². The minimum Gasteiger partial charge on any atom is -0.504 e. The zero-order chi connectivity index (χ0) is 16.4. The summed E-state index contributed by atoms with van der Waals surface area (Å²) in [5, 5.41) is 30.4. The van der Waals surface area contributed by atoms with Gasteiger partial charge in [0, 0.05) is 0 Å². The van der Waals surface area contributed by atoms with Crippen molar-refractivity contribution < 1.29 is 15.3 Å². The molecular weight excluding hydrogens is 288 g/mol. The van der Waals surface area contributed by atoms with E-state index in [0.29, 0.717) is 11.8 Å². The molecule has 1 aromatic carbocycles. The predicted octanol–water partition coefficient (Wildman–Crippen LogP) is 3.87. The summed E-state index contributed by atoms with van der Waals surface area (Å²) in [6.45, 7) is 6.45. The first kappa shape index (κ1) is 15.1. The molecule has 0 amide bonds. The van der Waals surface area contributed by atoms with Crippen molar-refractivity contribution in [1.82, 2.24) is 0 Å². The van der Waals surface area contributed by atoms with Crippen molar-refractivity contribution in [2.75, 3.05) is 0 Å². The van der Waals surface area contributed by atoms with E-state index in [9.17, 15) is 15.3 Å². The number of aromatic hydroxyl groups is 2. The molecule has 0 aromatic heterocycles. The Kier molecular flexibility index (Phi) is 3.12. The van der Waals surface area contributed by atoms with Crippen molar-refractivity contribution in [2.45, 2.75) is 57.5 Å². The van der Waals surface area contributed by atoms with Gasteiger partial charge in [0.2, 0.25) is 0 Å². The average Bonchev–Trinajstić information content (AvgIpc) is 2.84. The van der Waals surface area contributed by atoms with Gasteiger partial charge in [0.15, 0.2) is 11.5 Å². The Morgan fingerprint density at radius 2 is 1.87 bits per heavy atom. The normalized spacial score (nSPS) is 41.7. The number of hydrogen-bond donors (Lipinski definition) is 3. The molecule has 0 radical (unpaired) electrons. The third-order valence-electron chi connectivity index (χ3n) is 7.37. The largest absolute Gasteiger partial charge is 0.504 e. The van der Waals surface area contributed by atoms with Crippen molar-refractivity contribution in [3.63, 3.8) is 0 Å². The van der Waals surface area contributed by atoms with E-state index in [0.717, 1.165) is 44.1 Å². The molecule has 2 fully saturated rings. The van der Waals surface area contributed by atoms with Gasteiger partial charge in [-0.2, -0.15) is 0 Å². The first-order chi connectivity index (χ1) is 10.9. The van der Waals surface area contributed by atoms with Crippen molar-refractivity contribution in [1.29, 1.82) is 0 Å². The predicted molar refractivity (Wildman–Crippen MR) is 89.5 cm³/mol. The van der Waals surface area contributed by atoms with Crippen LogP contribution in [0.1, 0.15) is 56.1 Å². The lowest BCUT2D eigenvalue weighted by molar-refractivity contribution is -0.0528. The van der Waals surface area contributed by atoms with Crippen LogP contribution in [0.25, 0.3) is 0 Å². The molecule has 4 rings (SSSR count). The first-order valence-corrected chi connectivity index (χ1v) is 8.79. The monoisotopic (exact) mass is 314 g/mol. The number of phenolic OH excluding ortho intramolecular Hbond substituents is 2. The van der Waals surface area contributed by atoms with Crippen molar-refractivity contribution >= 4 is 0 Å².